The van der Waals surface area contributed by atoms with Gasteiger partial charge < -0.3 is 10.1 Å². The summed E-state index contributed by atoms with van der Waals surface area (Å²) in [5.41, 5.74) is 0.0116. The molecule has 4 rings (SSSR count). The Balaban J connectivity index is 1.35. The van der Waals surface area contributed by atoms with E-state index < -0.39 is 0 Å². The largest absolute Gasteiger partial charge is 0.439 e. The van der Waals surface area contributed by atoms with Gasteiger partial charge in [-0.1, -0.05) is 12.1 Å². The van der Waals surface area contributed by atoms with Crippen LogP contribution in [-0.2, 0) is 17.9 Å². The Morgan fingerprint density at radius 2 is 1.81 bits per heavy atom. The van der Waals surface area contributed by atoms with Crippen molar-refractivity contribution in [3.8, 4) is 11.6 Å². The van der Waals surface area contributed by atoms with Crippen LogP contribution in [0.25, 0.3) is 10.8 Å². The summed E-state index contributed by atoms with van der Waals surface area (Å²) in [7, 11) is 0. The molecule has 0 bridgehead atoms. The van der Waals surface area contributed by atoms with Crippen molar-refractivity contribution in [3.05, 3.63) is 98.9 Å². The number of H-pyrrole nitrogens is 1. The maximum Gasteiger partial charge on any atom is 0.273 e. The van der Waals surface area contributed by atoms with E-state index >= 15 is 0 Å². The first-order chi connectivity index (χ1) is 15.5. The average molecular weight is 434 g/mol. The Morgan fingerprint density at radius 3 is 2.59 bits per heavy atom. The van der Waals surface area contributed by atoms with Crippen LogP contribution in [-0.4, -0.2) is 20.7 Å². The molecule has 0 radical (unpaired) electrons. The minimum absolute atomic E-state index is 0.0121. The van der Waals surface area contributed by atoms with Gasteiger partial charge in [0, 0.05) is 25.2 Å². The number of rotatable bonds is 7. The molecule has 4 aromatic rings. The van der Waals surface area contributed by atoms with E-state index in [1.54, 1.807) is 42.6 Å². The molecule has 0 aliphatic carbocycles. The highest BCUT2D eigenvalue weighted by molar-refractivity contribution is 5.80. The van der Waals surface area contributed by atoms with E-state index in [1.807, 2.05) is 0 Å². The van der Waals surface area contributed by atoms with Crippen molar-refractivity contribution in [1.82, 2.24) is 20.1 Å². The molecule has 8 nitrogen and oxygen atoms in total. The molecule has 1 amide bonds. The fraction of sp³-hybridized carbons (Fsp3) is 0.130. The number of hydrogen-bond acceptors (Lipinski definition) is 5. The molecule has 162 valence electrons. The van der Waals surface area contributed by atoms with E-state index in [0.717, 1.165) is 10.2 Å². The molecule has 0 saturated carbocycles. The van der Waals surface area contributed by atoms with E-state index in [4.69, 9.17) is 4.74 Å². The number of fused-ring (bicyclic) bond motifs is 1. The van der Waals surface area contributed by atoms with Crippen molar-refractivity contribution in [2.45, 2.75) is 19.5 Å². The quantitative estimate of drug-likeness (QED) is 0.465. The SMILES string of the molecule is O=C(CCn1[nH]c(=O)c2ccccc2c1=O)NCc1ccnc(Oc2ccc(F)cc2)c1. The molecule has 2 heterocycles. The standard InChI is InChI=1S/C23H19FN4O4/c24-16-5-7-17(8-6-16)32-21-13-15(9-11-25-21)14-26-20(29)10-12-28-23(31)19-4-2-1-3-18(19)22(30)27-28/h1-9,11,13H,10,12,14H2,(H,26,29)(H,27,30). The number of aryl methyl sites for hydroxylation is 1. The van der Waals surface area contributed by atoms with Crippen LogP contribution in [0.4, 0.5) is 4.39 Å². The lowest BCUT2D eigenvalue weighted by Crippen LogP contribution is -2.32. The molecule has 0 spiro atoms. The summed E-state index contributed by atoms with van der Waals surface area (Å²) in [5.74, 6) is 0.0964. The van der Waals surface area contributed by atoms with Crippen LogP contribution < -0.4 is 21.2 Å². The second kappa shape index (κ2) is 9.25. The molecule has 32 heavy (non-hydrogen) atoms. The summed E-state index contributed by atoms with van der Waals surface area (Å²) in [4.78, 5) is 41.0. The maximum atomic E-state index is 13.0. The van der Waals surface area contributed by atoms with Crippen molar-refractivity contribution in [3.63, 3.8) is 0 Å². The number of halogens is 1. The molecular formula is C23H19FN4O4. The summed E-state index contributed by atoms with van der Waals surface area (Å²) in [6.07, 6.45) is 1.55. The van der Waals surface area contributed by atoms with E-state index in [0.29, 0.717) is 22.4 Å². The molecule has 0 aliphatic rings. The van der Waals surface area contributed by atoms with Gasteiger partial charge in [-0.25, -0.2) is 14.1 Å². The third kappa shape index (κ3) is 4.89. The average Bonchev–Trinajstić information content (AvgIpc) is 2.81. The predicted molar refractivity (Wildman–Crippen MR) is 116 cm³/mol. The second-order valence-electron chi connectivity index (χ2n) is 7.03. The van der Waals surface area contributed by atoms with Crippen molar-refractivity contribution in [2.75, 3.05) is 0 Å². The molecule has 0 atom stereocenters. The lowest BCUT2D eigenvalue weighted by molar-refractivity contribution is -0.121. The number of carbonyl (C=O) groups excluding carboxylic acids is 1. The highest BCUT2D eigenvalue weighted by atomic mass is 19.1. The third-order valence-corrected chi connectivity index (χ3v) is 4.77. The molecule has 0 fully saturated rings. The zero-order valence-electron chi connectivity index (χ0n) is 16.9. The Labute approximate surface area is 181 Å². The van der Waals surface area contributed by atoms with Gasteiger partial charge in [-0.15, -0.1) is 0 Å². The van der Waals surface area contributed by atoms with Crippen LogP contribution in [0.5, 0.6) is 11.6 Å². The molecular weight excluding hydrogens is 415 g/mol. The van der Waals surface area contributed by atoms with E-state index in [9.17, 15) is 18.8 Å². The first-order valence-electron chi connectivity index (χ1n) is 9.86. The third-order valence-electron chi connectivity index (χ3n) is 4.77. The van der Waals surface area contributed by atoms with Crippen molar-refractivity contribution in [1.29, 1.82) is 0 Å². The summed E-state index contributed by atoms with van der Waals surface area (Å²) in [6.45, 7) is 0.268. The summed E-state index contributed by atoms with van der Waals surface area (Å²) < 4.78 is 19.7. The first-order valence-corrected chi connectivity index (χ1v) is 9.86. The number of benzene rings is 2. The zero-order valence-corrected chi connectivity index (χ0v) is 16.9. The topological polar surface area (TPSA) is 106 Å². The van der Waals surface area contributed by atoms with Gasteiger partial charge in [0.15, 0.2) is 0 Å². The van der Waals surface area contributed by atoms with Crippen LogP contribution in [0.15, 0.2) is 76.4 Å². The monoisotopic (exact) mass is 434 g/mol. The van der Waals surface area contributed by atoms with Crippen LogP contribution in [0, 0.1) is 5.82 Å². The van der Waals surface area contributed by atoms with Gasteiger partial charge in [0.1, 0.15) is 11.6 Å². The minimum Gasteiger partial charge on any atom is -0.439 e. The van der Waals surface area contributed by atoms with Gasteiger partial charge in [-0.2, -0.15) is 0 Å². The smallest absolute Gasteiger partial charge is 0.273 e. The number of pyridine rings is 1. The fourth-order valence-corrected chi connectivity index (χ4v) is 3.15. The molecule has 2 N–H and O–H groups in total. The number of aromatic amines is 1. The van der Waals surface area contributed by atoms with Gasteiger partial charge in [-0.3, -0.25) is 19.5 Å². The van der Waals surface area contributed by atoms with Crippen molar-refractivity contribution >= 4 is 16.7 Å². The number of nitrogens with one attached hydrogen (secondary N) is 2. The lowest BCUT2D eigenvalue weighted by Gasteiger charge is -2.09. The highest BCUT2D eigenvalue weighted by Crippen LogP contribution is 2.20. The summed E-state index contributed by atoms with van der Waals surface area (Å²) >= 11 is 0. The van der Waals surface area contributed by atoms with E-state index in [-0.39, 0.29) is 42.4 Å². The van der Waals surface area contributed by atoms with Gasteiger partial charge >= 0.3 is 0 Å². The van der Waals surface area contributed by atoms with E-state index in [2.05, 4.69) is 15.4 Å². The molecule has 9 heteroatoms. The lowest BCUT2D eigenvalue weighted by atomic mass is 10.2. The number of carbonyl (C=O) groups is 1. The minimum atomic E-state index is -0.383. The van der Waals surface area contributed by atoms with Crippen LogP contribution in [0.2, 0.25) is 0 Å². The second-order valence-corrected chi connectivity index (χ2v) is 7.03. The molecule has 0 unspecified atom stereocenters. The van der Waals surface area contributed by atoms with Crippen LogP contribution in [0.3, 0.4) is 0 Å². The summed E-state index contributed by atoms with van der Waals surface area (Å²) in [6, 6.07) is 15.5. The number of hydrogen-bond donors (Lipinski definition) is 2. The maximum absolute atomic E-state index is 13.0. The Morgan fingerprint density at radius 1 is 1.06 bits per heavy atom. The highest BCUT2D eigenvalue weighted by Gasteiger charge is 2.09. The first kappa shape index (κ1) is 21.0. The number of nitrogens with zero attached hydrogens (tertiary/aromatic N) is 2. The number of amides is 1. The molecule has 0 aliphatic heterocycles. The van der Waals surface area contributed by atoms with Gasteiger partial charge in [0.2, 0.25) is 11.8 Å². The van der Waals surface area contributed by atoms with Crippen LogP contribution >= 0.6 is 0 Å². The number of ether oxygens (including phenoxy) is 1. The molecule has 0 saturated heterocycles. The zero-order chi connectivity index (χ0) is 22.5. The van der Waals surface area contributed by atoms with E-state index in [1.165, 1.54) is 24.3 Å². The molecule has 2 aromatic carbocycles. The van der Waals surface area contributed by atoms with Crippen molar-refractivity contribution < 1.29 is 13.9 Å². The number of aromatic nitrogens is 3. The Bertz CT molecular complexity index is 1380. The molecule has 2 aromatic heterocycles. The predicted octanol–water partition coefficient (Wildman–Crippen LogP) is 2.72. The summed E-state index contributed by atoms with van der Waals surface area (Å²) in [5, 5.41) is 5.88. The Hall–Kier alpha value is -4.27. The van der Waals surface area contributed by atoms with Crippen molar-refractivity contribution in [2.24, 2.45) is 0 Å². The Kier molecular flexibility index (Phi) is 6.07. The van der Waals surface area contributed by atoms with Gasteiger partial charge in [0.05, 0.1) is 17.3 Å². The fourth-order valence-electron chi connectivity index (χ4n) is 3.15. The van der Waals surface area contributed by atoms with Crippen LogP contribution in [0.1, 0.15) is 12.0 Å². The van der Waals surface area contributed by atoms with Gasteiger partial charge in [0.25, 0.3) is 11.1 Å². The van der Waals surface area contributed by atoms with Gasteiger partial charge in [-0.05, 0) is 48.0 Å². The normalized spacial score (nSPS) is 10.8.